The zero-order chi connectivity index (χ0) is 13.0. The average Bonchev–Trinajstić information content (AvgIpc) is 2.46. The molecule has 1 aliphatic heterocycles. The Kier molecular flexibility index (Phi) is 4.89. The summed E-state index contributed by atoms with van der Waals surface area (Å²) in [4.78, 5) is 23.1. The summed E-state index contributed by atoms with van der Waals surface area (Å²) in [5.74, 6) is -0.785. The van der Waals surface area contributed by atoms with E-state index in [1.54, 1.807) is 0 Å². The maximum Gasteiger partial charge on any atom is 0.331 e. The van der Waals surface area contributed by atoms with E-state index < -0.39 is 24.7 Å². The summed E-state index contributed by atoms with van der Waals surface area (Å²) in [6, 6.07) is -1.34. The Morgan fingerprint density at radius 1 is 1.59 bits per heavy atom. The first-order valence-electron chi connectivity index (χ1n) is 5.85. The van der Waals surface area contributed by atoms with Crippen molar-refractivity contribution in [1.29, 1.82) is 0 Å². The molecule has 0 bridgehead atoms. The first-order valence-corrected chi connectivity index (χ1v) is 5.85. The Morgan fingerprint density at radius 3 is 2.76 bits per heavy atom. The molecule has 1 amide bonds. The van der Waals surface area contributed by atoms with Gasteiger partial charge in [0.1, 0.15) is 6.10 Å². The number of carbonyl (C=O) groups is 2. The van der Waals surface area contributed by atoms with Gasteiger partial charge in [-0.2, -0.15) is 0 Å². The second-order valence-corrected chi connectivity index (χ2v) is 4.45. The van der Waals surface area contributed by atoms with Crippen molar-refractivity contribution in [3.63, 3.8) is 0 Å². The van der Waals surface area contributed by atoms with Crippen LogP contribution in [0.25, 0.3) is 0 Å². The van der Waals surface area contributed by atoms with E-state index >= 15 is 0 Å². The number of amides is 1. The maximum atomic E-state index is 11.6. The Morgan fingerprint density at radius 2 is 2.24 bits per heavy atom. The fraction of sp³-hybridized carbons (Fsp3) is 0.818. The highest BCUT2D eigenvalue weighted by Gasteiger charge is 2.35. The number of ether oxygens (including phenoxy) is 1. The molecule has 4 unspecified atom stereocenters. The molecule has 1 heterocycles. The number of hydrogen-bond acceptors (Lipinski definition) is 5. The van der Waals surface area contributed by atoms with Crippen molar-refractivity contribution in [2.75, 3.05) is 6.61 Å². The lowest BCUT2D eigenvalue weighted by atomic mass is 9.93. The number of aliphatic hydroxyl groups is 1. The average molecular weight is 244 g/mol. The first kappa shape index (κ1) is 13.9. The topological polar surface area (TPSA) is 102 Å². The highest BCUT2D eigenvalue weighted by molar-refractivity contribution is 5.87. The minimum absolute atomic E-state index is 0.0494. The van der Waals surface area contributed by atoms with Crippen LogP contribution in [-0.2, 0) is 14.3 Å². The first-order chi connectivity index (χ1) is 7.99. The van der Waals surface area contributed by atoms with E-state index in [0.29, 0.717) is 0 Å². The highest BCUT2D eigenvalue weighted by Crippen LogP contribution is 2.17. The van der Waals surface area contributed by atoms with Crippen LogP contribution in [0.5, 0.6) is 0 Å². The molecule has 6 heteroatoms. The van der Waals surface area contributed by atoms with Crippen LogP contribution in [0, 0.1) is 5.92 Å². The third-order valence-corrected chi connectivity index (χ3v) is 3.19. The Balaban J connectivity index is 2.75. The summed E-state index contributed by atoms with van der Waals surface area (Å²) >= 11 is 0. The van der Waals surface area contributed by atoms with Gasteiger partial charge < -0.3 is 20.9 Å². The van der Waals surface area contributed by atoms with Gasteiger partial charge in [-0.05, 0) is 5.92 Å². The van der Waals surface area contributed by atoms with E-state index in [-0.39, 0.29) is 24.3 Å². The lowest BCUT2D eigenvalue weighted by Gasteiger charge is -2.26. The molecule has 0 aromatic carbocycles. The SMILES string of the molecule is CCC(C)C(N)C1CC(=O)NC(CO)C(=O)O1. The van der Waals surface area contributed by atoms with Crippen LogP contribution in [0.3, 0.4) is 0 Å². The monoisotopic (exact) mass is 244 g/mol. The summed E-state index contributed by atoms with van der Waals surface area (Å²) in [7, 11) is 0. The predicted octanol–water partition coefficient (Wildman–Crippen LogP) is -0.848. The standard InChI is InChI=1S/C11H20N2O4/c1-3-6(2)10(12)8-4-9(15)13-7(5-14)11(16)17-8/h6-8,10,14H,3-5,12H2,1-2H3,(H,13,15). The number of hydrogen-bond donors (Lipinski definition) is 3. The molecular formula is C11H20N2O4. The number of carbonyl (C=O) groups excluding carboxylic acids is 2. The molecule has 1 fully saturated rings. The van der Waals surface area contributed by atoms with Crippen molar-refractivity contribution in [1.82, 2.24) is 5.32 Å². The van der Waals surface area contributed by atoms with Crippen LogP contribution in [0.2, 0.25) is 0 Å². The summed E-state index contributed by atoms with van der Waals surface area (Å²) in [5, 5.41) is 11.3. The Bertz CT molecular complexity index is 295. The summed E-state index contributed by atoms with van der Waals surface area (Å²) in [5.41, 5.74) is 5.96. The summed E-state index contributed by atoms with van der Waals surface area (Å²) < 4.78 is 5.16. The minimum Gasteiger partial charge on any atom is -0.459 e. The van der Waals surface area contributed by atoms with Crippen molar-refractivity contribution in [2.45, 2.75) is 44.9 Å². The molecular weight excluding hydrogens is 224 g/mol. The van der Waals surface area contributed by atoms with E-state index in [0.717, 1.165) is 6.42 Å². The molecule has 0 spiro atoms. The highest BCUT2D eigenvalue weighted by atomic mass is 16.5. The molecule has 0 radical (unpaired) electrons. The van der Waals surface area contributed by atoms with Gasteiger partial charge in [0.25, 0.3) is 0 Å². The van der Waals surface area contributed by atoms with Crippen molar-refractivity contribution in [2.24, 2.45) is 11.7 Å². The largest absolute Gasteiger partial charge is 0.459 e. The third kappa shape index (κ3) is 3.41. The zero-order valence-electron chi connectivity index (χ0n) is 10.2. The third-order valence-electron chi connectivity index (χ3n) is 3.19. The molecule has 1 saturated heterocycles. The van der Waals surface area contributed by atoms with Crippen LogP contribution in [0.1, 0.15) is 26.7 Å². The fourth-order valence-corrected chi connectivity index (χ4v) is 1.74. The number of cyclic esters (lactones) is 1. The van der Waals surface area contributed by atoms with Gasteiger partial charge in [0.15, 0.2) is 6.04 Å². The molecule has 0 aliphatic carbocycles. The zero-order valence-corrected chi connectivity index (χ0v) is 10.2. The summed E-state index contributed by atoms with van der Waals surface area (Å²) in [6.45, 7) is 3.47. The molecule has 1 aliphatic rings. The van der Waals surface area contributed by atoms with Gasteiger partial charge in [-0.15, -0.1) is 0 Å². The lowest BCUT2D eigenvalue weighted by Crippen LogP contribution is -2.43. The van der Waals surface area contributed by atoms with E-state index in [9.17, 15) is 9.59 Å². The van der Waals surface area contributed by atoms with Crippen LogP contribution in [0.4, 0.5) is 0 Å². The quantitative estimate of drug-likeness (QED) is 0.559. The number of nitrogens with two attached hydrogens (primary N) is 1. The van der Waals surface area contributed by atoms with Gasteiger partial charge in [0, 0.05) is 6.04 Å². The summed E-state index contributed by atoms with van der Waals surface area (Å²) in [6.07, 6.45) is 0.280. The van der Waals surface area contributed by atoms with Gasteiger partial charge >= 0.3 is 5.97 Å². The van der Waals surface area contributed by atoms with Crippen LogP contribution in [0.15, 0.2) is 0 Å². The van der Waals surface area contributed by atoms with Gasteiger partial charge in [0.2, 0.25) is 5.91 Å². The van der Waals surface area contributed by atoms with Crippen LogP contribution >= 0.6 is 0 Å². The number of esters is 1. The molecule has 0 saturated carbocycles. The van der Waals surface area contributed by atoms with Crippen molar-refractivity contribution in [3.05, 3.63) is 0 Å². The van der Waals surface area contributed by atoms with Crippen molar-refractivity contribution >= 4 is 11.9 Å². The van der Waals surface area contributed by atoms with Crippen LogP contribution < -0.4 is 11.1 Å². The molecule has 1 rings (SSSR count). The van der Waals surface area contributed by atoms with Gasteiger partial charge in [0.05, 0.1) is 13.0 Å². The van der Waals surface area contributed by atoms with Crippen molar-refractivity contribution < 1.29 is 19.4 Å². The Hall–Kier alpha value is -1.14. The molecule has 6 nitrogen and oxygen atoms in total. The van der Waals surface area contributed by atoms with Crippen molar-refractivity contribution in [3.8, 4) is 0 Å². The smallest absolute Gasteiger partial charge is 0.331 e. The fourth-order valence-electron chi connectivity index (χ4n) is 1.74. The van der Waals surface area contributed by atoms with Gasteiger partial charge in [-0.25, -0.2) is 4.79 Å². The molecule has 4 atom stereocenters. The molecule has 0 aromatic heterocycles. The second-order valence-electron chi connectivity index (χ2n) is 4.45. The van der Waals surface area contributed by atoms with E-state index in [1.807, 2.05) is 13.8 Å². The number of nitrogens with one attached hydrogen (secondary N) is 1. The molecule has 98 valence electrons. The molecule has 0 aromatic rings. The van der Waals surface area contributed by atoms with Crippen LogP contribution in [-0.4, -0.2) is 41.8 Å². The molecule has 4 N–H and O–H groups in total. The normalized spacial score (nSPS) is 28.9. The minimum atomic E-state index is -0.975. The van der Waals surface area contributed by atoms with E-state index in [2.05, 4.69) is 5.32 Å². The Labute approximate surface area is 101 Å². The molecule has 17 heavy (non-hydrogen) atoms. The van der Waals surface area contributed by atoms with E-state index in [1.165, 1.54) is 0 Å². The van der Waals surface area contributed by atoms with Gasteiger partial charge in [-0.1, -0.05) is 20.3 Å². The number of rotatable bonds is 4. The second kappa shape index (κ2) is 5.97. The maximum absolute atomic E-state index is 11.6. The van der Waals surface area contributed by atoms with Gasteiger partial charge in [-0.3, -0.25) is 4.79 Å². The predicted molar refractivity (Wildman–Crippen MR) is 60.9 cm³/mol. The number of aliphatic hydroxyl groups excluding tert-OH is 1. The lowest BCUT2D eigenvalue weighted by molar-refractivity contribution is -0.152. The van der Waals surface area contributed by atoms with E-state index in [4.69, 9.17) is 15.6 Å².